The topological polar surface area (TPSA) is 92.8 Å². The summed E-state index contributed by atoms with van der Waals surface area (Å²) >= 11 is 0. The van der Waals surface area contributed by atoms with E-state index in [1.54, 1.807) is 0 Å². The molecule has 3 amide bonds. The first-order chi connectivity index (χ1) is 10.5. The fourth-order valence-corrected chi connectivity index (χ4v) is 1.90. The van der Waals surface area contributed by atoms with Crippen molar-refractivity contribution < 1.29 is 23.9 Å². The molecule has 0 aliphatic carbocycles. The van der Waals surface area contributed by atoms with Gasteiger partial charge in [-0.2, -0.15) is 0 Å². The molecule has 1 aromatic carbocycles. The van der Waals surface area contributed by atoms with Gasteiger partial charge in [0.25, 0.3) is 17.7 Å². The van der Waals surface area contributed by atoms with Gasteiger partial charge in [0.15, 0.2) is 0 Å². The van der Waals surface area contributed by atoms with E-state index >= 15 is 0 Å². The molecule has 7 nitrogen and oxygen atoms in total. The number of rotatable bonds is 5. The van der Waals surface area contributed by atoms with Crippen molar-refractivity contribution in [1.29, 1.82) is 0 Å². The predicted molar refractivity (Wildman–Crippen MR) is 77.0 cm³/mol. The molecule has 1 aliphatic rings. The summed E-state index contributed by atoms with van der Waals surface area (Å²) in [6.45, 7) is 0.167. The number of methoxy groups -OCH3 is 1. The van der Waals surface area contributed by atoms with Crippen LogP contribution in [0.1, 0.15) is 16.8 Å². The lowest BCUT2D eigenvalue weighted by molar-refractivity contribution is -0.140. The van der Waals surface area contributed by atoms with E-state index in [1.165, 1.54) is 43.5 Å². The van der Waals surface area contributed by atoms with Crippen LogP contribution in [0.2, 0.25) is 0 Å². The fraction of sp³-hybridized carbons (Fsp3) is 0.200. The smallest absolute Gasteiger partial charge is 0.307 e. The molecule has 0 saturated carbocycles. The summed E-state index contributed by atoms with van der Waals surface area (Å²) in [5.41, 5.74) is 0.756. The van der Waals surface area contributed by atoms with Crippen LogP contribution >= 0.6 is 0 Å². The third kappa shape index (κ3) is 3.38. The van der Waals surface area contributed by atoms with Gasteiger partial charge in [-0.25, -0.2) is 4.90 Å². The Morgan fingerprint density at radius 3 is 2.23 bits per heavy atom. The van der Waals surface area contributed by atoms with Crippen LogP contribution in [0.3, 0.4) is 0 Å². The summed E-state index contributed by atoms with van der Waals surface area (Å²) in [6, 6.07) is 6.03. The Balaban J connectivity index is 1.97. The van der Waals surface area contributed by atoms with Crippen LogP contribution in [0.5, 0.6) is 0 Å². The van der Waals surface area contributed by atoms with E-state index in [9.17, 15) is 19.2 Å². The number of hydrogen-bond donors (Lipinski definition) is 1. The van der Waals surface area contributed by atoms with Gasteiger partial charge >= 0.3 is 5.97 Å². The molecule has 0 atom stereocenters. The third-order valence-electron chi connectivity index (χ3n) is 3.04. The Morgan fingerprint density at radius 1 is 1.09 bits per heavy atom. The Hall–Kier alpha value is -2.96. The van der Waals surface area contributed by atoms with Crippen LogP contribution in [-0.2, 0) is 19.1 Å². The molecule has 0 radical (unpaired) electrons. The van der Waals surface area contributed by atoms with Gasteiger partial charge in [0.1, 0.15) is 0 Å². The largest absolute Gasteiger partial charge is 0.469 e. The van der Waals surface area contributed by atoms with Gasteiger partial charge in [-0.3, -0.25) is 19.2 Å². The highest BCUT2D eigenvalue weighted by atomic mass is 16.5. The number of benzene rings is 1. The molecule has 2 rings (SSSR count). The van der Waals surface area contributed by atoms with Crippen molar-refractivity contribution in [3.05, 3.63) is 42.0 Å². The zero-order chi connectivity index (χ0) is 16.1. The second-order valence-corrected chi connectivity index (χ2v) is 4.47. The molecule has 1 aromatic rings. The molecular formula is C15H14N2O5. The van der Waals surface area contributed by atoms with Crippen LogP contribution < -0.4 is 10.2 Å². The number of esters is 1. The molecular weight excluding hydrogens is 288 g/mol. The minimum Gasteiger partial charge on any atom is -0.469 e. The number of anilines is 1. The standard InChI is InChI=1S/C15H14N2O5/c1-22-14(20)8-9-16-15(21)10-2-4-11(5-3-10)17-12(18)6-7-13(17)19/h2-7H,8-9H2,1H3,(H,16,21). The molecule has 0 fully saturated rings. The van der Waals surface area contributed by atoms with Crippen molar-refractivity contribution in [2.75, 3.05) is 18.6 Å². The van der Waals surface area contributed by atoms with Crippen molar-refractivity contribution in [3.63, 3.8) is 0 Å². The number of nitrogens with one attached hydrogen (secondary N) is 1. The molecule has 0 saturated heterocycles. The van der Waals surface area contributed by atoms with E-state index in [-0.39, 0.29) is 18.9 Å². The van der Waals surface area contributed by atoms with Crippen molar-refractivity contribution in [3.8, 4) is 0 Å². The van der Waals surface area contributed by atoms with Gasteiger partial charge in [0.2, 0.25) is 0 Å². The van der Waals surface area contributed by atoms with E-state index in [4.69, 9.17) is 0 Å². The molecule has 0 spiro atoms. The van der Waals surface area contributed by atoms with Gasteiger partial charge < -0.3 is 10.1 Å². The Labute approximate surface area is 126 Å². The maximum absolute atomic E-state index is 11.9. The van der Waals surface area contributed by atoms with E-state index in [2.05, 4.69) is 10.1 Å². The van der Waals surface area contributed by atoms with Crippen molar-refractivity contribution in [2.45, 2.75) is 6.42 Å². The predicted octanol–water partition coefficient (Wildman–Crippen LogP) is 0.409. The van der Waals surface area contributed by atoms with E-state index in [1.807, 2.05) is 0 Å². The van der Waals surface area contributed by atoms with Crippen LogP contribution in [0, 0.1) is 0 Å². The molecule has 1 aliphatic heterocycles. The molecule has 1 heterocycles. The zero-order valence-corrected chi connectivity index (χ0v) is 11.9. The second kappa shape index (κ2) is 6.66. The van der Waals surface area contributed by atoms with Gasteiger partial charge in [0, 0.05) is 24.3 Å². The second-order valence-electron chi connectivity index (χ2n) is 4.47. The average molecular weight is 302 g/mol. The summed E-state index contributed by atoms with van der Waals surface area (Å²) < 4.78 is 4.47. The highest BCUT2D eigenvalue weighted by Gasteiger charge is 2.25. The van der Waals surface area contributed by atoms with Crippen molar-refractivity contribution >= 4 is 29.4 Å². The summed E-state index contributed by atoms with van der Waals surface area (Å²) in [5, 5.41) is 2.57. The number of imide groups is 1. The first kappa shape index (κ1) is 15.4. The maximum Gasteiger partial charge on any atom is 0.307 e. The first-order valence-corrected chi connectivity index (χ1v) is 6.54. The Bertz CT molecular complexity index is 630. The highest BCUT2D eigenvalue weighted by Crippen LogP contribution is 2.19. The zero-order valence-electron chi connectivity index (χ0n) is 11.9. The number of hydrogen-bond acceptors (Lipinski definition) is 5. The quantitative estimate of drug-likeness (QED) is 0.628. The number of ether oxygens (including phenoxy) is 1. The lowest BCUT2D eigenvalue weighted by Crippen LogP contribution is -2.30. The van der Waals surface area contributed by atoms with Gasteiger partial charge in [-0.15, -0.1) is 0 Å². The summed E-state index contributed by atoms with van der Waals surface area (Å²) in [4.78, 5) is 46.9. The number of amides is 3. The minimum atomic E-state index is -0.416. The molecule has 0 unspecified atom stereocenters. The lowest BCUT2D eigenvalue weighted by atomic mass is 10.2. The molecule has 114 valence electrons. The minimum absolute atomic E-state index is 0.0861. The summed E-state index contributed by atoms with van der Waals surface area (Å²) in [6.07, 6.45) is 2.47. The van der Waals surface area contributed by atoms with E-state index in [0.29, 0.717) is 11.3 Å². The molecule has 22 heavy (non-hydrogen) atoms. The van der Waals surface area contributed by atoms with Crippen LogP contribution in [-0.4, -0.2) is 37.3 Å². The van der Waals surface area contributed by atoms with Gasteiger partial charge in [-0.05, 0) is 24.3 Å². The third-order valence-corrected chi connectivity index (χ3v) is 3.04. The molecule has 7 heteroatoms. The number of carbonyl (C=O) groups is 4. The number of carbonyl (C=O) groups excluding carboxylic acids is 4. The fourth-order valence-electron chi connectivity index (χ4n) is 1.90. The number of nitrogens with zero attached hydrogens (tertiary/aromatic N) is 1. The summed E-state index contributed by atoms with van der Waals surface area (Å²) in [5.74, 6) is -1.59. The Kier molecular flexibility index (Phi) is 4.67. The summed E-state index contributed by atoms with van der Waals surface area (Å²) in [7, 11) is 1.28. The lowest BCUT2D eigenvalue weighted by Gasteiger charge is -2.14. The van der Waals surface area contributed by atoms with Gasteiger partial charge in [-0.1, -0.05) is 0 Å². The van der Waals surface area contributed by atoms with Crippen LogP contribution in [0.4, 0.5) is 5.69 Å². The maximum atomic E-state index is 11.9. The average Bonchev–Trinajstić information content (AvgIpc) is 2.86. The van der Waals surface area contributed by atoms with Crippen molar-refractivity contribution in [1.82, 2.24) is 5.32 Å². The van der Waals surface area contributed by atoms with Crippen molar-refractivity contribution in [2.24, 2.45) is 0 Å². The van der Waals surface area contributed by atoms with Crippen LogP contribution in [0.25, 0.3) is 0 Å². The highest BCUT2D eigenvalue weighted by molar-refractivity contribution is 6.28. The van der Waals surface area contributed by atoms with Crippen LogP contribution in [0.15, 0.2) is 36.4 Å². The van der Waals surface area contributed by atoms with E-state index < -0.39 is 17.8 Å². The monoisotopic (exact) mass is 302 g/mol. The first-order valence-electron chi connectivity index (χ1n) is 6.54. The molecule has 0 bridgehead atoms. The van der Waals surface area contributed by atoms with E-state index in [0.717, 1.165) is 4.90 Å². The normalized spacial score (nSPS) is 13.4. The Morgan fingerprint density at radius 2 is 1.68 bits per heavy atom. The molecule has 1 N–H and O–H groups in total. The van der Waals surface area contributed by atoms with Gasteiger partial charge in [0.05, 0.1) is 19.2 Å². The molecule has 0 aromatic heterocycles. The SMILES string of the molecule is COC(=O)CCNC(=O)c1ccc(N2C(=O)C=CC2=O)cc1.